The quantitative estimate of drug-likeness (QED) is 0.682. The van der Waals surface area contributed by atoms with Gasteiger partial charge >= 0.3 is 6.09 Å². The Morgan fingerprint density at radius 2 is 1.85 bits per heavy atom. The summed E-state index contributed by atoms with van der Waals surface area (Å²) in [6.07, 6.45) is 1.31. The number of nitrogens with one attached hydrogen (secondary N) is 1. The van der Waals surface area contributed by atoms with Crippen LogP contribution < -0.4 is 11.1 Å². The van der Waals surface area contributed by atoms with Crippen molar-refractivity contribution in [1.82, 2.24) is 10.3 Å². The highest BCUT2D eigenvalue weighted by Crippen LogP contribution is 2.31. The molecule has 26 heavy (non-hydrogen) atoms. The molecular formula is C21H23N3O2. The molecule has 0 bridgehead atoms. The van der Waals surface area contributed by atoms with Gasteiger partial charge in [-0.1, -0.05) is 36.4 Å². The summed E-state index contributed by atoms with van der Waals surface area (Å²) in [6.45, 7) is 5.87. The number of anilines is 1. The number of aromatic nitrogens is 1. The SMILES string of the molecule is CC(C)(C)OC(=O)NCc1ccccc1-c1nccc2c(N)cccc12. The Balaban J connectivity index is 1.94. The summed E-state index contributed by atoms with van der Waals surface area (Å²) >= 11 is 0. The highest BCUT2D eigenvalue weighted by molar-refractivity contribution is 6.01. The fourth-order valence-corrected chi connectivity index (χ4v) is 2.83. The van der Waals surface area contributed by atoms with E-state index in [0.29, 0.717) is 6.54 Å². The lowest BCUT2D eigenvalue weighted by molar-refractivity contribution is 0.0523. The van der Waals surface area contributed by atoms with E-state index in [2.05, 4.69) is 10.3 Å². The van der Waals surface area contributed by atoms with Crippen LogP contribution in [0.4, 0.5) is 10.5 Å². The van der Waals surface area contributed by atoms with Gasteiger partial charge in [-0.05, 0) is 38.5 Å². The Morgan fingerprint density at radius 3 is 2.62 bits per heavy atom. The number of pyridine rings is 1. The molecule has 0 aliphatic carbocycles. The molecule has 0 saturated heterocycles. The molecule has 2 aromatic carbocycles. The molecule has 1 heterocycles. The number of amides is 1. The minimum absolute atomic E-state index is 0.353. The normalized spacial score (nSPS) is 11.3. The maximum absolute atomic E-state index is 12.0. The predicted octanol–water partition coefficient (Wildman–Crippen LogP) is 4.51. The summed E-state index contributed by atoms with van der Waals surface area (Å²) in [4.78, 5) is 16.5. The van der Waals surface area contributed by atoms with Crippen LogP contribution in [0, 0.1) is 0 Å². The number of fused-ring (bicyclic) bond motifs is 1. The van der Waals surface area contributed by atoms with Crippen LogP contribution >= 0.6 is 0 Å². The summed E-state index contributed by atoms with van der Waals surface area (Å²) in [5.74, 6) is 0. The average Bonchev–Trinajstić information content (AvgIpc) is 2.59. The third-order valence-corrected chi connectivity index (χ3v) is 3.93. The van der Waals surface area contributed by atoms with E-state index in [-0.39, 0.29) is 0 Å². The monoisotopic (exact) mass is 349 g/mol. The Bertz CT molecular complexity index is 945. The van der Waals surface area contributed by atoms with Gasteiger partial charge < -0.3 is 15.8 Å². The van der Waals surface area contributed by atoms with Crippen molar-refractivity contribution in [2.24, 2.45) is 0 Å². The van der Waals surface area contributed by atoms with Crippen LogP contribution in [0.5, 0.6) is 0 Å². The van der Waals surface area contributed by atoms with Crippen LogP contribution in [0.2, 0.25) is 0 Å². The van der Waals surface area contributed by atoms with Gasteiger partial charge in [-0.25, -0.2) is 4.79 Å². The van der Waals surface area contributed by atoms with E-state index < -0.39 is 11.7 Å². The number of nitrogens with zero attached hydrogens (tertiary/aromatic N) is 1. The van der Waals surface area contributed by atoms with E-state index in [4.69, 9.17) is 10.5 Å². The van der Waals surface area contributed by atoms with Gasteiger partial charge in [-0.3, -0.25) is 4.98 Å². The molecule has 0 spiro atoms. The molecule has 5 heteroatoms. The number of carbonyl (C=O) groups is 1. The Labute approximate surface area is 153 Å². The van der Waals surface area contributed by atoms with E-state index in [1.165, 1.54) is 0 Å². The van der Waals surface area contributed by atoms with Crippen LogP contribution in [0.15, 0.2) is 54.7 Å². The minimum Gasteiger partial charge on any atom is -0.444 e. The van der Waals surface area contributed by atoms with E-state index in [1.807, 2.05) is 69.3 Å². The first-order chi connectivity index (χ1) is 12.3. The van der Waals surface area contributed by atoms with Crippen LogP contribution in [-0.4, -0.2) is 16.7 Å². The summed E-state index contributed by atoms with van der Waals surface area (Å²) in [7, 11) is 0. The van der Waals surface area contributed by atoms with Gasteiger partial charge in [-0.2, -0.15) is 0 Å². The lowest BCUT2D eigenvalue weighted by Gasteiger charge is -2.20. The first-order valence-corrected chi connectivity index (χ1v) is 8.53. The molecule has 0 atom stereocenters. The zero-order valence-corrected chi connectivity index (χ0v) is 15.2. The second kappa shape index (κ2) is 7.04. The van der Waals surface area contributed by atoms with E-state index >= 15 is 0 Å². The molecule has 3 aromatic rings. The number of nitrogen functional groups attached to an aromatic ring is 1. The topological polar surface area (TPSA) is 77.2 Å². The standard InChI is InChI=1S/C21H23N3O2/c1-21(2,3)26-20(25)24-13-14-7-4-5-8-15(14)19-17-9-6-10-18(22)16(17)11-12-23-19/h4-12H,13,22H2,1-3H3,(H,24,25). The first kappa shape index (κ1) is 17.7. The molecule has 0 radical (unpaired) electrons. The second-order valence-electron chi connectivity index (χ2n) is 7.11. The van der Waals surface area contributed by atoms with E-state index in [1.54, 1.807) is 6.20 Å². The molecule has 134 valence electrons. The molecule has 1 amide bonds. The lowest BCUT2D eigenvalue weighted by atomic mass is 9.99. The van der Waals surface area contributed by atoms with Gasteiger partial charge in [0.15, 0.2) is 0 Å². The molecule has 0 saturated carbocycles. The summed E-state index contributed by atoms with van der Waals surface area (Å²) < 4.78 is 5.31. The average molecular weight is 349 g/mol. The zero-order chi connectivity index (χ0) is 18.7. The molecule has 3 N–H and O–H groups in total. The molecule has 1 aromatic heterocycles. The fraction of sp³-hybridized carbons (Fsp3) is 0.238. The molecule has 3 rings (SSSR count). The van der Waals surface area contributed by atoms with Crippen LogP contribution in [0.25, 0.3) is 22.0 Å². The number of hydrogen-bond donors (Lipinski definition) is 2. The van der Waals surface area contributed by atoms with Gasteiger partial charge in [-0.15, -0.1) is 0 Å². The van der Waals surface area contributed by atoms with Crippen molar-refractivity contribution in [2.75, 3.05) is 5.73 Å². The van der Waals surface area contributed by atoms with Crippen molar-refractivity contribution in [2.45, 2.75) is 32.9 Å². The highest BCUT2D eigenvalue weighted by atomic mass is 16.6. The smallest absolute Gasteiger partial charge is 0.407 e. The first-order valence-electron chi connectivity index (χ1n) is 8.53. The molecule has 0 fully saturated rings. The number of hydrogen-bond acceptors (Lipinski definition) is 4. The second-order valence-corrected chi connectivity index (χ2v) is 7.11. The molecular weight excluding hydrogens is 326 g/mol. The molecule has 0 aliphatic rings. The van der Waals surface area contributed by atoms with E-state index in [0.717, 1.165) is 33.3 Å². The minimum atomic E-state index is -0.529. The summed E-state index contributed by atoms with van der Waals surface area (Å²) in [5.41, 5.74) is 9.05. The Kier molecular flexibility index (Phi) is 4.80. The maximum Gasteiger partial charge on any atom is 0.407 e. The van der Waals surface area contributed by atoms with Gasteiger partial charge in [0.05, 0.1) is 5.69 Å². The number of ether oxygens (including phenoxy) is 1. The number of benzene rings is 2. The number of carbonyl (C=O) groups excluding carboxylic acids is 1. The molecule has 5 nitrogen and oxygen atoms in total. The van der Waals surface area contributed by atoms with Crippen LogP contribution in [0.1, 0.15) is 26.3 Å². The summed E-state index contributed by atoms with van der Waals surface area (Å²) in [6, 6.07) is 15.6. The van der Waals surface area contributed by atoms with Crippen molar-refractivity contribution >= 4 is 22.6 Å². The fourth-order valence-electron chi connectivity index (χ4n) is 2.83. The molecule has 0 aliphatic heterocycles. The van der Waals surface area contributed by atoms with Crippen LogP contribution in [0.3, 0.4) is 0 Å². The zero-order valence-electron chi connectivity index (χ0n) is 15.2. The van der Waals surface area contributed by atoms with Crippen molar-refractivity contribution in [3.63, 3.8) is 0 Å². The Morgan fingerprint density at radius 1 is 1.08 bits per heavy atom. The van der Waals surface area contributed by atoms with Crippen molar-refractivity contribution in [3.05, 3.63) is 60.3 Å². The number of alkyl carbamates (subject to hydrolysis) is 1. The van der Waals surface area contributed by atoms with Gasteiger partial charge in [0.1, 0.15) is 5.60 Å². The molecule has 0 unspecified atom stereocenters. The lowest BCUT2D eigenvalue weighted by Crippen LogP contribution is -2.32. The third-order valence-electron chi connectivity index (χ3n) is 3.93. The number of nitrogens with two attached hydrogens (primary N) is 1. The van der Waals surface area contributed by atoms with Crippen molar-refractivity contribution in [1.29, 1.82) is 0 Å². The predicted molar refractivity (Wildman–Crippen MR) is 105 cm³/mol. The number of rotatable bonds is 3. The third kappa shape index (κ3) is 3.94. The van der Waals surface area contributed by atoms with Crippen molar-refractivity contribution < 1.29 is 9.53 Å². The van der Waals surface area contributed by atoms with E-state index in [9.17, 15) is 4.79 Å². The van der Waals surface area contributed by atoms with Gasteiger partial charge in [0.25, 0.3) is 0 Å². The van der Waals surface area contributed by atoms with Crippen molar-refractivity contribution in [3.8, 4) is 11.3 Å². The van der Waals surface area contributed by atoms with Gasteiger partial charge in [0, 0.05) is 34.8 Å². The summed E-state index contributed by atoms with van der Waals surface area (Å²) in [5, 5.41) is 4.76. The largest absolute Gasteiger partial charge is 0.444 e. The Hall–Kier alpha value is -3.08. The van der Waals surface area contributed by atoms with Crippen LogP contribution in [-0.2, 0) is 11.3 Å². The van der Waals surface area contributed by atoms with Gasteiger partial charge in [0.2, 0.25) is 0 Å². The highest BCUT2D eigenvalue weighted by Gasteiger charge is 2.17. The maximum atomic E-state index is 12.0.